The maximum atomic E-state index is 4.54. The van der Waals surface area contributed by atoms with Gasteiger partial charge in [0.2, 0.25) is 0 Å². The van der Waals surface area contributed by atoms with Gasteiger partial charge >= 0.3 is 0 Å². The minimum absolute atomic E-state index is 0.999. The second-order valence-electron chi connectivity index (χ2n) is 5.66. The number of anilines is 1. The molecule has 0 bridgehead atoms. The van der Waals surface area contributed by atoms with Crippen molar-refractivity contribution in [2.24, 2.45) is 0 Å². The van der Waals surface area contributed by atoms with Gasteiger partial charge in [-0.2, -0.15) is 0 Å². The fourth-order valence-electron chi connectivity index (χ4n) is 3.01. The van der Waals surface area contributed by atoms with Gasteiger partial charge in [0.1, 0.15) is 0 Å². The first kappa shape index (κ1) is 15.2. The van der Waals surface area contributed by atoms with Crippen molar-refractivity contribution in [1.29, 1.82) is 0 Å². The summed E-state index contributed by atoms with van der Waals surface area (Å²) in [5.74, 6) is 0. The molecule has 2 aromatic carbocycles. The van der Waals surface area contributed by atoms with Crippen LogP contribution in [0.4, 0.5) is 5.69 Å². The van der Waals surface area contributed by atoms with Crippen molar-refractivity contribution in [3.63, 3.8) is 0 Å². The third-order valence-electron chi connectivity index (χ3n) is 4.23. The monoisotopic (exact) mass is 310 g/mol. The third kappa shape index (κ3) is 3.37. The average Bonchev–Trinajstić information content (AvgIpc) is 2.56. The van der Waals surface area contributed by atoms with Crippen molar-refractivity contribution in [3.05, 3.63) is 66.2 Å². The van der Waals surface area contributed by atoms with Crippen LogP contribution in [0, 0.1) is 0 Å². The lowest BCUT2D eigenvalue weighted by molar-refractivity contribution is 0.250. The number of benzene rings is 2. The summed E-state index contributed by atoms with van der Waals surface area (Å²) in [4.78, 5) is 5.96. The lowest BCUT2D eigenvalue weighted by Gasteiger charge is -2.37. The molecule has 0 saturated carbocycles. The molecule has 0 unspecified atom stereocenters. The summed E-state index contributed by atoms with van der Waals surface area (Å²) in [7, 11) is 0. The Balaban J connectivity index is 1.65. The van der Waals surface area contributed by atoms with Crippen molar-refractivity contribution >= 4 is 24.4 Å². The van der Waals surface area contributed by atoms with E-state index in [0.717, 1.165) is 43.2 Å². The minimum atomic E-state index is 0.999. The average molecular weight is 310 g/mol. The van der Waals surface area contributed by atoms with Gasteiger partial charge in [-0.1, -0.05) is 49.1 Å². The summed E-state index contributed by atoms with van der Waals surface area (Å²) in [6.07, 6.45) is 1.91. The number of thiol groups is 1. The van der Waals surface area contributed by atoms with Gasteiger partial charge in [0, 0.05) is 48.9 Å². The second-order valence-corrected chi connectivity index (χ2v) is 6.14. The Hall–Kier alpha value is -1.71. The molecule has 0 aromatic heterocycles. The number of piperazine rings is 1. The van der Waals surface area contributed by atoms with Gasteiger partial charge in [-0.15, -0.1) is 12.6 Å². The number of rotatable bonds is 4. The molecule has 2 nitrogen and oxygen atoms in total. The van der Waals surface area contributed by atoms with E-state index >= 15 is 0 Å². The van der Waals surface area contributed by atoms with Crippen molar-refractivity contribution in [2.45, 2.75) is 11.4 Å². The Kier molecular flexibility index (Phi) is 4.86. The quantitative estimate of drug-likeness (QED) is 0.855. The highest BCUT2D eigenvalue weighted by molar-refractivity contribution is 7.80. The van der Waals surface area contributed by atoms with Crippen LogP contribution >= 0.6 is 12.6 Å². The molecular formula is C19H22N2S. The Morgan fingerprint density at radius 1 is 0.955 bits per heavy atom. The summed E-state index contributed by atoms with van der Waals surface area (Å²) >= 11 is 4.54. The molecule has 0 radical (unpaired) electrons. The lowest BCUT2D eigenvalue weighted by Crippen LogP contribution is -2.46. The molecular weight excluding hydrogens is 288 g/mol. The molecule has 1 aliphatic rings. The summed E-state index contributed by atoms with van der Waals surface area (Å²) < 4.78 is 0. The third-order valence-corrected chi connectivity index (χ3v) is 4.62. The van der Waals surface area contributed by atoms with Crippen LogP contribution in [0.1, 0.15) is 11.1 Å². The molecule has 3 rings (SSSR count). The summed E-state index contributed by atoms with van der Waals surface area (Å²) in [6.45, 7) is 9.23. The molecule has 0 amide bonds. The Morgan fingerprint density at radius 3 is 2.36 bits per heavy atom. The highest BCUT2D eigenvalue weighted by atomic mass is 32.1. The molecule has 1 aliphatic heterocycles. The number of hydrogen-bond acceptors (Lipinski definition) is 3. The summed E-state index contributed by atoms with van der Waals surface area (Å²) in [5, 5.41) is 0. The van der Waals surface area contributed by atoms with E-state index in [2.05, 4.69) is 71.5 Å². The maximum Gasteiger partial charge on any atom is 0.0451 e. The Bertz CT molecular complexity index is 631. The van der Waals surface area contributed by atoms with Gasteiger partial charge in [0.05, 0.1) is 0 Å². The van der Waals surface area contributed by atoms with Crippen LogP contribution in [0.2, 0.25) is 0 Å². The molecule has 1 saturated heterocycles. The molecule has 22 heavy (non-hydrogen) atoms. The Labute approximate surface area is 138 Å². The second kappa shape index (κ2) is 7.03. The van der Waals surface area contributed by atoms with Crippen molar-refractivity contribution in [1.82, 2.24) is 4.90 Å². The van der Waals surface area contributed by atoms with Crippen LogP contribution in [0.5, 0.6) is 0 Å². The zero-order chi connectivity index (χ0) is 15.4. The molecule has 2 aromatic rings. The van der Waals surface area contributed by atoms with E-state index in [0.29, 0.717) is 0 Å². The molecule has 114 valence electrons. The first-order chi connectivity index (χ1) is 10.8. The van der Waals surface area contributed by atoms with E-state index in [9.17, 15) is 0 Å². The van der Waals surface area contributed by atoms with Crippen LogP contribution in [0.25, 0.3) is 6.08 Å². The molecule has 0 atom stereocenters. The molecule has 1 fully saturated rings. The zero-order valence-electron chi connectivity index (χ0n) is 12.8. The van der Waals surface area contributed by atoms with E-state index in [1.165, 1.54) is 11.3 Å². The fourth-order valence-corrected chi connectivity index (χ4v) is 3.31. The zero-order valence-corrected chi connectivity index (χ0v) is 13.7. The summed E-state index contributed by atoms with van der Waals surface area (Å²) in [5.41, 5.74) is 3.78. The van der Waals surface area contributed by atoms with E-state index in [4.69, 9.17) is 0 Å². The lowest BCUT2D eigenvalue weighted by atomic mass is 10.1. The SMILES string of the molecule is C=Cc1c(S)cccc1N1CCN(Cc2ccccc2)CC1. The highest BCUT2D eigenvalue weighted by Crippen LogP contribution is 2.28. The standard InChI is InChI=1S/C19H22N2S/c1-2-17-18(9-6-10-19(17)22)21-13-11-20(12-14-21)15-16-7-4-3-5-8-16/h2-10,22H,1,11-15H2. The van der Waals surface area contributed by atoms with Crippen LogP contribution in [-0.4, -0.2) is 31.1 Å². The normalized spacial score (nSPS) is 15.8. The van der Waals surface area contributed by atoms with E-state index in [-0.39, 0.29) is 0 Å². The fraction of sp³-hybridized carbons (Fsp3) is 0.263. The molecule has 0 aliphatic carbocycles. The number of hydrogen-bond donors (Lipinski definition) is 1. The highest BCUT2D eigenvalue weighted by Gasteiger charge is 2.19. The largest absolute Gasteiger partial charge is 0.368 e. The van der Waals surface area contributed by atoms with Crippen LogP contribution < -0.4 is 4.90 Å². The Morgan fingerprint density at radius 2 is 1.68 bits per heavy atom. The van der Waals surface area contributed by atoms with E-state index in [1.807, 2.05) is 12.1 Å². The predicted octanol–water partition coefficient (Wildman–Crippen LogP) is 3.94. The van der Waals surface area contributed by atoms with Crippen LogP contribution in [-0.2, 0) is 6.54 Å². The topological polar surface area (TPSA) is 6.48 Å². The maximum absolute atomic E-state index is 4.54. The first-order valence-electron chi connectivity index (χ1n) is 7.73. The minimum Gasteiger partial charge on any atom is -0.368 e. The van der Waals surface area contributed by atoms with Crippen LogP contribution in [0.3, 0.4) is 0 Å². The van der Waals surface area contributed by atoms with Gasteiger partial charge in [-0.25, -0.2) is 0 Å². The van der Waals surface area contributed by atoms with E-state index in [1.54, 1.807) is 0 Å². The number of nitrogens with zero attached hydrogens (tertiary/aromatic N) is 2. The molecule has 0 N–H and O–H groups in total. The molecule has 3 heteroatoms. The van der Waals surface area contributed by atoms with Gasteiger partial charge in [-0.05, 0) is 17.7 Å². The van der Waals surface area contributed by atoms with Gasteiger partial charge < -0.3 is 4.90 Å². The summed E-state index contributed by atoms with van der Waals surface area (Å²) in [6, 6.07) is 17.0. The van der Waals surface area contributed by atoms with Crippen molar-refractivity contribution in [2.75, 3.05) is 31.1 Å². The molecule has 0 spiro atoms. The van der Waals surface area contributed by atoms with Gasteiger partial charge in [-0.3, -0.25) is 4.90 Å². The predicted molar refractivity (Wildman–Crippen MR) is 97.7 cm³/mol. The first-order valence-corrected chi connectivity index (χ1v) is 8.18. The van der Waals surface area contributed by atoms with Crippen LogP contribution in [0.15, 0.2) is 60.0 Å². The van der Waals surface area contributed by atoms with E-state index < -0.39 is 0 Å². The smallest absolute Gasteiger partial charge is 0.0451 e. The van der Waals surface area contributed by atoms with Gasteiger partial charge in [0.15, 0.2) is 0 Å². The molecule has 1 heterocycles. The van der Waals surface area contributed by atoms with Crippen molar-refractivity contribution in [3.8, 4) is 0 Å². The van der Waals surface area contributed by atoms with Gasteiger partial charge in [0.25, 0.3) is 0 Å². The van der Waals surface area contributed by atoms with Crippen molar-refractivity contribution < 1.29 is 0 Å².